The van der Waals surface area contributed by atoms with E-state index in [2.05, 4.69) is 6.92 Å². The van der Waals surface area contributed by atoms with Crippen LogP contribution in [-0.2, 0) is 19.0 Å². The third-order valence-electron chi connectivity index (χ3n) is 2.59. The van der Waals surface area contributed by atoms with Crippen molar-refractivity contribution in [1.29, 1.82) is 0 Å². The molecule has 2 aliphatic heterocycles. The number of rotatable bonds is 4. The minimum atomic E-state index is -0.384. The fraction of sp³-hybridized carbons (Fsp3) is 0.900. The Morgan fingerprint density at radius 2 is 2.21 bits per heavy atom. The summed E-state index contributed by atoms with van der Waals surface area (Å²) in [5, 5.41) is 0. The molecule has 2 fully saturated rings. The predicted octanol–water partition coefficient (Wildman–Crippen LogP) is 0.884. The van der Waals surface area contributed by atoms with Gasteiger partial charge in [-0.1, -0.05) is 13.3 Å². The van der Waals surface area contributed by atoms with Gasteiger partial charge in [0.05, 0.1) is 0 Å². The third-order valence-corrected chi connectivity index (χ3v) is 2.59. The van der Waals surface area contributed by atoms with E-state index in [0.717, 1.165) is 12.8 Å². The molecule has 0 bridgehead atoms. The fourth-order valence-corrected chi connectivity index (χ4v) is 1.61. The zero-order chi connectivity index (χ0) is 10.1. The van der Waals surface area contributed by atoms with Gasteiger partial charge in [-0.25, -0.2) is 0 Å². The molecule has 0 aromatic rings. The van der Waals surface area contributed by atoms with E-state index in [1.807, 2.05) is 0 Å². The van der Waals surface area contributed by atoms with Crippen LogP contribution < -0.4 is 0 Å². The predicted molar refractivity (Wildman–Crippen MR) is 48.9 cm³/mol. The van der Waals surface area contributed by atoms with Gasteiger partial charge in [-0.3, -0.25) is 4.79 Å². The zero-order valence-electron chi connectivity index (χ0n) is 8.56. The van der Waals surface area contributed by atoms with E-state index in [1.54, 1.807) is 6.92 Å². The molecule has 0 N–H and O–H groups in total. The van der Waals surface area contributed by atoms with Crippen molar-refractivity contribution >= 4 is 5.78 Å². The lowest BCUT2D eigenvalue weighted by Crippen LogP contribution is -2.41. The lowest BCUT2D eigenvalue weighted by molar-refractivity contribution is -0.187. The van der Waals surface area contributed by atoms with Crippen molar-refractivity contribution in [2.75, 3.05) is 6.61 Å². The molecule has 2 rings (SSSR count). The van der Waals surface area contributed by atoms with Crippen molar-refractivity contribution in [1.82, 2.24) is 0 Å². The Kier molecular flexibility index (Phi) is 2.85. The molecule has 4 nitrogen and oxygen atoms in total. The van der Waals surface area contributed by atoms with E-state index in [-0.39, 0.29) is 30.4 Å². The van der Waals surface area contributed by atoms with Crippen molar-refractivity contribution in [3.63, 3.8) is 0 Å². The van der Waals surface area contributed by atoms with Gasteiger partial charge in [-0.15, -0.1) is 0 Å². The summed E-state index contributed by atoms with van der Waals surface area (Å²) in [5.74, 6) is 0.0466. The minimum Gasteiger partial charge on any atom is -0.356 e. The normalized spacial score (nSPS) is 40.9. The summed E-state index contributed by atoms with van der Waals surface area (Å²) >= 11 is 0. The Balaban J connectivity index is 1.81. The molecular weight excluding hydrogens is 184 g/mol. The standard InChI is InChI=1S/C10H16O4/c1-3-4-5-12-10-9-8(14-9)7(11)6(2)13-10/h6,8-10H,3-5H2,1-2H3. The van der Waals surface area contributed by atoms with Crippen LogP contribution in [0, 0.1) is 0 Å². The van der Waals surface area contributed by atoms with Crippen LogP contribution in [0.3, 0.4) is 0 Å². The summed E-state index contributed by atoms with van der Waals surface area (Å²) in [6, 6.07) is 0. The van der Waals surface area contributed by atoms with E-state index in [0.29, 0.717) is 6.61 Å². The van der Waals surface area contributed by atoms with Gasteiger partial charge in [0.25, 0.3) is 0 Å². The number of ether oxygens (including phenoxy) is 3. The van der Waals surface area contributed by atoms with Gasteiger partial charge in [0.15, 0.2) is 18.2 Å². The van der Waals surface area contributed by atoms with Crippen molar-refractivity contribution in [3.8, 4) is 0 Å². The van der Waals surface area contributed by atoms with Gasteiger partial charge >= 0.3 is 0 Å². The summed E-state index contributed by atoms with van der Waals surface area (Å²) in [4.78, 5) is 11.3. The molecule has 2 saturated heterocycles. The smallest absolute Gasteiger partial charge is 0.192 e. The highest BCUT2D eigenvalue weighted by atomic mass is 16.7. The number of fused-ring (bicyclic) bond motifs is 1. The van der Waals surface area contributed by atoms with Crippen LogP contribution >= 0.6 is 0 Å². The van der Waals surface area contributed by atoms with E-state index >= 15 is 0 Å². The van der Waals surface area contributed by atoms with Crippen LogP contribution in [0.4, 0.5) is 0 Å². The maximum atomic E-state index is 11.3. The number of epoxide rings is 1. The first-order valence-electron chi connectivity index (χ1n) is 5.20. The van der Waals surface area contributed by atoms with E-state index in [1.165, 1.54) is 0 Å². The highest BCUT2D eigenvalue weighted by Crippen LogP contribution is 2.35. The van der Waals surface area contributed by atoms with Gasteiger partial charge < -0.3 is 14.2 Å². The minimum absolute atomic E-state index is 0.0466. The lowest BCUT2D eigenvalue weighted by Gasteiger charge is -2.23. The topological polar surface area (TPSA) is 48.1 Å². The third kappa shape index (κ3) is 1.82. The number of hydrogen-bond acceptors (Lipinski definition) is 4. The van der Waals surface area contributed by atoms with Crippen LogP contribution in [0.15, 0.2) is 0 Å². The first-order valence-corrected chi connectivity index (χ1v) is 5.20. The van der Waals surface area contributed by atoms with Crippen LogP contribution in [-0.4, -0.2) is 37.0 Å². The van der Waals surface area contributed by atoms with Gasteiger partial charge in [0, 0.05) is 6.61 Å². The number of carbonyl (C=O) groups is 1. The fourth-order valence-electron chi connectivity index (χ4n) is 1.61. The van der Waals surface area contributed by atoms with Crippen molar-refractivity contribution in [2.24, 2.45) is 0 Å². The quantitative estimate of drug-likeness (QED) is 0.499. The van der Waals surface area contributed by atoms with Crippen LogP contribution in [0.1, 0.15) is 26.7 Å². The second-order valence-electron chi connectivity index (χ2n) is 3.79. The molecule has 14 heavy (non-hydrogen) atoms. The molecule has 2 heterocycles. The second kappa shape index (κ2) is 3.96. The number of unbranched alkanes of at least 4 members (excludes halogenated alkanes) is 1. The summed E-state index contributed by atoms with van der Waals surface area (Å²) in [6.07, 6.45) is 0.987. The van der Waals surface area contributed by atoms with Gasteiger partial charge in [0.2, 0.25) is 0 Å². The maximum Gasteiger partial charge on any atom is 0.192 e. The Morgan fingerprint density at radius 1 is 1.43 bits per heavy atom. The molecule has 0 aliphatic carbocycles. The highest BCUT2D eigenvalue weighted by molar-refractivity contribution is 5.90. The molecule has 0 radical (unpaired) electrons. The maximum absolute atomic E-state index is 11.3. The summed E-state index contributed by atoms with van der Waals surface area (Å²) < 4.78 is 16.1. The average Bonchev–Trinajstić information content (AvgIpc) is 2.93. The highest BCUT2D eigenvalue weighted by Gasteiger charge is 2.57. The van der Waals surface area contributed by atoms with Crippen LogP contribution in [0.2, 0.25) is 0 Å². The molecule has 4 atom stereocenters. The summed E-state index contributed by atoms with van der Waals surface area (Å²) in [7, 11) is 0. The Morgan fingerprint density at radius 3 is 2.93 bits per heavy atom. The Hall–Kier alpha value is -0.450. The number of hydrogen-bond donors (Lipinski definition) is 0. The Labute approximate surface area is 83.5 Å². The molecule has 0 aromatic carbocycles. The monoisotopic (exact) mass is 200 g/mol. The van der Waals surface area contributed by atoms with Crippen molar-refractivity contribution < 1.29 is 19.0 Å². The molecule has 0 amide bonds. The SMILES string of the molecule is CCCCOC1OC(C)C(=O)C2OC12. The van der Waals surface area contributed by atoms with E-state index in [4.69, 9.17) is 14.2 Å². The van der Waals surface area contributed by atoms with Gasteiger partial charge in [-0.05, 0) is 13.3 Å². The Bertz CT molecular complexity index is 224. The van der Waals surface area contributed by atoms with Crippen molar-refractivity contribution in [3.05, 3.63) is 0 Å². The molecule has 4 heteroatoms. The molecule has 80 valence electrons. The summed E-state index contributed by atoms with van der Waals surface area (Å²) in [5.41, 5.74) is 0. The molecular formula is C10H16O4. The molecule has 0 saturated carbocycles. The van der Waals surface area contributed by atoms with Gasteiger partial charge in [-0.2, -0.15) is 0 Å². The average molecular weight is 200 g/mol. The lowest BCUT2D eigenvalue weighted by atomic mass is 10.1. The molecule has 0 aromatic heterocycles. The molecule has 4 unspecified atom stereocenters. The van der Waals surface area contributed by atoms with Crippen LogP contribution in [0.5, 0.6) is 0 Å². The van der Waals surface area contributed by atoms with Gasteiger partial charge in [0.1, 0.15) is 12.2 Å². The number of carbonyl (C=O) groups excluding carboxylic acids is 1. The number of Topliss-reactive ketones (excluding diaryl/α,β-unsaturated/α-hetero) is 1. The second-order valence-corrected chi connectivity index (χ2v) is 3.79. The van der Waals surface area contributed by atoms with Crippen LogP contribution in [0.25, 0.3) is 0 Å². The molecule has 2 aliphatic rings. The van der Waals surface area contributed by atoms with E-state index in [9.17, 15) is 4.79 Å². The first-order chi connectivity index (χ1) is 6.74. The largest absolute Gasteiger partial charge is 0.356 e. The van der Waals surface area contributed by atoms with E-state index < -0.39 is 0 Å². The summed E-state index contributed by atoms with van der Waals surface area (Å²) in [6.45, 7) is 4.53. The molecule has 0 spiro atoms. The first kappa shape index (κ1) is 10.1. The zero-order valence-corrected chi connectivity index (χ0v) is 8.56. The number of ketones is 1. The van der Waals surface area contributed by atoms with Crippen molar-refractivity contribution in [2.45, 2.75) is 51.3 Å².